The van der Waals surface area contributed by atoms with Crippen molar-refractivity contribution in [2.24, 2.45) is 11.8 Å². The van der Waals surface area contributed by atoms with Crippen molar-refractivity contribution in [3.63, 3.8) is 0 Å². The third kappa shape index (κ3) is 6.79. The molecule has 0 aliphatic rings. The number of hydrogen-bond acceptors (Lipinski definition) is 4. The molecule has 0 aromatic heterocycles. The fourth-order valence-corrected chi connectivity index (χ4v) is 5.29. The second-order valence-corrected chi connectivity index (χ2v) is 10.5. The summed E-state index contributed by atoms with van der Waals surface area (Å²) in [5.41, 5.74) is 1.41. The Labute approximate surface area is 178 Å². The monoisotopic (exact) mass is 443 g/mol. The summed E-state index contributed by atoms with van der Waals surface area (Å²) < 4.78 is 25.8. The Morgan fingerprint density at radius 2 is 1.50 bits per heavy atom. The molecule has 1 atom stereocenters. The van der Waals surface area contributed by atoms with Gasteiger partial charge in [-0.3, -0.25) is 4.57 Å². The van der Waals surface area contributed by atoms with Crippen LogP contribution in [0.3, 0.4) is 0 Å². The molecule has 0 unspecified atom stereocenters. The van der Waals surface area contributed by atoms with Crippen LogP contribution in [0.15, 0.2) is 48.5 Å². The number of benzene rings is 2. The van der Waals surface area contributed by atoms with Crippen molar-refractivity contribution in [2.75, 3.05) is 18.5 Å². The molecule has 0 heterocycles. The van der Waals surface area contributed by atoms with Crippen molar-refractivity contribution in [2.45, 2.75) is 33.5 Å². The first-order chi connectivity index (χ1) is 13.2. The van der Waals surface area contributed by atoms with Gasteiger partial charge in [-0.05, 0) is 36.1 Å². The summed E-state index contributed by atoms with van der Waals surface area (Å²) >= 11 is 12.5. The van der Waals surface area contributed by atoms with E-state index in [1.807, 2.05) is 58.0 Å². The normalized spacial score (nSPS) is 13.1. The van der Waals surface area contributed by atoms with E-state index in [-0.39, 0.29) is 11.8 Å². The zero-order valence-electron chi connectivity index (χ0n) is 16.7. The smallest absolute Gasteiger partial charge is 0.357 e. The first kappa shape index (κ1) is 23.3. The van der Waals surface area contributed by atoms with E-state index in [2.05, 4.69) is 5.32 Å². The average molecular weight is 444 g/mol. The van der Waals surface area contributed by atoms with Crippen LogP contribution < -0.4 is 5.32 Å². The molecule has 0 fully saturated rings. The standard InChI is InChI=1S/C21H28Cl2NO3P/c1-15(2)13-26-28(25,27-14-16(3)4)21(24-18-8-6-5-7-9-18)19-11-10-17(22)12-20(19)23/h5-12,15-16,21,24H,13-14H2,1-4H3/t21-/m1/s1. The molecule has 0 aliphatic carbocycles. The van der Waals surface area contributed by atoms with E-state index in [0.29, 0.717) is 28.8 Å². The molecule has 7 heteroatoms. The van der Waals surface area contributed by atoms with Gasteiger partial charge in [0, 0.05) is 21.3 Å². The topological polar surface area (TPSA) is 47.6 Å². The Hall–Kier alpha value is -1.03. The molecule has 4 nitrogen and oxygen atoms in total. The second-order valence-electron chi connectivity index (χ2n) is 7.50. The number of hydrogen-bond donors (Lipinski definition) is 1. The summed E-state index contributed by atoms with van der Waals surface area (Å²) in [5.74, 6) is -0.361. The maximum atomic E-state index is 14.0. The molecule has 0 aliphatic heterocycles. The fraction of sp³-hybridized carbons (Fsp3) is 0.429. The predicted molar refractivity (Wildman–Crippen MR) is 118 cm³/mol. The number of nitrogens with one attached hydrogen (secondary N) is 1. The lowest BCUT2D eigenvalue weighted by Crippen LogP contribution is -2.18. The molecule has 0 bridgehead atoms. The Morgan fingerprint density at radius 3 is 2.00 bits per heavy atom. The summed E-state index contributed by atoms with van der Waals surface area (Å²) in [7, 11) is -3.61. The van der Waals surface area contributed by atoms with Crippen molar-refractivity contribution in [3.05, 3.63) is 64.1 Å². The highest BCUT2D eigenvalue weighted by molar-refractivity contribution is 7.54. The lowest BCUT2D eigenvalue weighted by Gasteiger charge is -2.30. The molecule has 0 saturated carbocycles. The first-order valence-electron chi connectivity index (χ1n) is 9.36. The molecule has 0 spiro atoms. The van der Waals surface area contributed by atoms with Crippen LogP contribution in [0.2, 0.25) is 10.0 Å². The van der Waals surface area contributed by atoms with Crippen LogP contribution in [0.4, 0.5) is 5.69 Å². The number of rotatable bonds is 10. The van der Waals surface area contributed by atoms with E-state index in [1.54, 1.807) is 18.2 Å². The van der Waals surface area contributed by atoms with Gasteiger partial charge in [-0.2, -0.15) is 0 Å². The molecular weight excluding hydrogens is 416 g/mol. The van der Waals surface area contributed by atoms with Crippen LogP contribution in [0.5, 0.6) is 0 Å². The minimum atomic E-state index is -3.61. The van der Waals surface area contributed by atoms with Crippen LogP contribution in [-0.2, 0) is 13.6 Å². The van der Waals surface area contributed by atoms with Crippen molar-refractivity contribution in [1.82, 2.24) is 0 Å². The van der Waals surface area contributed by atoms with Crippen molar-refractivity contribution < 1.29 is 13.6 Å². The Kier molecular flexibility index (Phi) is 8.85. The first-order valence-corrected chi connectivity index (χ1v) is 11.7. The minimum Gasteiger partial charge on any atom is -0.368 e. The van der Waals surface area contributed by atoms with Crippen molar-refractivity contribution in [3.8, 4) is 0 Å². The van der Waals surface area contributed by atoms with Gasteiger partial charge in [0.15, 0.2) is 5.78 Å². The van der Waals surface area contributed by atoms with Gasteiger partial charge in [-0.1, -0.05) is 75.2 Å². The predicted octanol–water partition coefficient (Wildman–Crippen LogP) is 7.64. The molecule has 28 heavy (non-hydrogen) atoms. The average Bonchev–Trinajstić information content (AvgIpc) is 2.64. The molecule has 0 amide bonds. The van der Waals surface area contributed by atoms with Gasteiger partial charge in [0.05, 0.1) is 13.2 Å². The highest BCUT2D eigenvalue weighted by Crippen LogP contribution is 2.62. The molecule has 2 aromatic carbocycles. The number of para-hydroxylation sites is 1. The third-order valence-electron chi connectivity index (χ3n) is 3.83. The lowest BCUT2D eigenvalue weighted by molar-refractivity contribution is 0.168. The van der Waals surface area contributed by atoms with Crippen molar-refractivity contribution in [1.29, 1.82) is 0 Å². The maximum Gasteiger partial charge on any atom is 0.357 e. The Morgan fingerprint density at radius 1 is 0.929 bits per heavy atom. The van der Waals surface area contributed by atoms with Crippen LogP contribution in [0.25, 0.3) is 0 Å². The second kappa shape index (κ2) is 10.7. The van der Waals surface area contributed by atoms with Gasteiger partial charge in [0.2, 0.25) is 0 Å². The quantitative estimate of drug-likeness (QED) is 0.383. The van der Waals surface area contributed by atoms with Crippen LogP contribution >= 0.6 is 30.8 Å². The van der Waals surface area contributed by atoms with Crippen LogP contribution in [-0.4, -0.2) is 13.2 Å². The minimum absolute atomic E-state index is 0.203. The zero-order valence-corrected chi connectivity index (χ0v) is 19.1. The summed E-state index contributed by atoms with van der Waals surface area (Å²) in [6.45, 7) is 8.63. The van der Waals surface area contributed by atoms with Gasteiger partial charge in [0.1, 0.15) is 0 Å². The fourth-order valence-electron chi connectivity index (χ4n) is 2.43. The van der Waals surface area contributed by atoms with Crippen molar-refractivity contribution >= 4 is 36.5 Å². The zero-order chi connectivity index (χ0) is 20.7. The molecule has 2 aromatic rings. The molecule has 0 radical (unpaired) electrons. The molecule has 1 N–H and O–H groups in total. The Balaban J connectivity index is 2.48. The van der Waals surface area contributed by atoms with Gasteiger partial charge in [-0.15, -0.1) is 0 Å². The van der Waals surface area contributed by atoms with E-state index in [4.69, 9.17) is 32.2 Å². The third-order valence-corrected chi connectivity index (χ3v) is 6.45. The van der Waals surface area contributed by atoms with Gasteiger partial charge in [-0.25, -0.2) is 0 Å². The highest BCUT2D eigenvalue weighted by atomic mass is 35.5. The van der Waals surface area contributed by atoms with Gasteiger partial charge in [0.25, 0.3) is 0 Å². The van der Waals surface area contributed by atoms with E-state index >= 15 is 0 Å². The summed E-state index contributed by atoms with van der Waals surface area (Å²) in [4.78, 5) is 0. The SMILES string of the molecule is CC(C)COP(=O)(OCC(C)C)[C@@H](Nc1ccccc1)c1ccc(Cl)cc1Cl. The lowest BCUT2D eigenvalue weighted by atomic mass is 10.2. The number of halogens is 2. The summed E-state index contributed by atoms with van der Waals surface area (Å²) in [5, 5.41) is 4.22. The highest BCUT2D eigenvalue weighted by Gasteiger charge is 2.39. The summed E-state index contributed by atoms with van der Waals surface area (Å²) in [6.07, 6.45) is 0. The largest absolute Gasteiger partial charge is 0.368 e. The van der Waals surface area contributed by atoms with E-state index in [9.17, 15) is 4.57 Å². The van der Waals surface area contributed by atoms with Gasteiger partial charge >= 0.3 is 7.60 Å². The van der Waals surface area contributed by atoms with Crippen LogP contribution in [0.1, 0.15) is 39.0 Å². The van der Waals surface area contributed by atoms with Crippen LogP contribution in [0, 0.1) is 11.8 Å². The van der Waals surface area contributed by atoms with E-state index < -0.39 is 13.4 Å². The maximum absolute atomic E-state index is 14.0. The molecular formula is C21H28Cl2NO3P. The summed E-state index contributed by atoms with van der Waals surface area (Å²) in [6, 6.07) is 14.6. The molecule has 0 saturated heterocycles. The van der Waals surface area contributed by atoms with E-state index in [1.165, 1.54) is 0 Å². The Bertz CT molecular complexity index is 783. The molecule has 2 rings (SSSR count). The van der Waals surface area contributed by atoms with E-state index in [0.717, 1.165) is 5.69 Å². The van der Waals surface area contributed by atoms with Gasteiger partial charge < -0.3 is 14.4 Å². The number of anilines is 1. The molecule has 154 valence electrons.